The van der Waals surface area contributed by atoms with Gasteiger partial charge >= 0.3 is 0 Å². The van der Waals surface area contributed by atoms with Gasteiger partial charge in [0.2, 0.25) is 0 Å². The molecular weight excluding hydrogens is 236 g/mol. The smallest absolute Gasteiger partial charge is 0.162 e. The van der Waals surface area contributed by atoms with Gasteiger partial charge in [-0.15, -0.1) is 0 Å². The Labute approximate surface area is 109 Å². The fourth-order valence-corrected chi connectivity index (χ4v) is 1.53. The Morgan fingerprint density at radius 3 is 2.12 bits per heavy atom. The molecule has 1 aromatic rings. The van der Waals surface area contributed by atoms with Crippen LogP contribution in [0.4, 0.5) is 0 Å². The van der Waals surface area contributed by atoms with Crippen LogP contribution in [0.1, 0.15) is 39.5 Å². The first kappa shape index (κ1) is 14.2. The van der Waals surface area contributed by atoms with Gasteiger partial charge in [-0.3, -0.25) is 0 Å². The molecule has 0 aliphatic heterocycles. The van der Waals surface area contributed by atoms with Gasteiger partial charge in [0.25, 0.3) is 0 Å². The van der Waals surface area contributed by atoms with Crippen LogP contribution in [0.5, 0.6) is 11.5 Å². The largest absolute Gasteiger partial charge is 0.490 e. The number of ether oxygens (including phenoxy) is 2. The highest BCUT2D eigenvalue weighted by Crippen LogP contribution is 2.30. The molecule has 2 nitrogen and oxygen atoms in total. The fourth-order valence-electron chi connectivity index (χ4n) is 1.37. The first-order valence-electron chi connectivity index (χ1n) is 6.33. The van der Waals surface area contributed by atoms with E-state index >= 15 is 0 Å². The Morgan fingerprint density at radius 1 is 0.941 bits per heavy atom. The second-order valence-electron chi connectivity index (χ2n) is 4.00. The highest BCUT2D eigenvalue weighted by Gasteiger charge is 2.05. The van der Waals surface area contributed by atoms with Gasteiger partial charge in [-0.2, -0.15) is 0 Å². The summed E-state index contributed by atoms with van der Waals surface area (Å²) in [5, 5.41) is 0.680. The maximum atomic E-state index is 5.96. The second kappa shape index (κ2) is 8.24. The minimum Gasteiger partial charge on any atom is -0.490 e. The first-order chi connectivity index (χ1) is 8.27. The van der Waals surface area contributed by atoms with E-state index in [4.69, 9.17) is 21.1 Å². The van der Waals surface area contributed by atoms with Crippen molar-refractivity contribution in [2.24, 2.45) is 0 Å². The molecule has 0 N–H and O–H groups in total. The highest BCUT2D eigenvalue weighted by atomic mass is 35.5. The highest BCUT2D eigenvalue weighted by molar-refractivity contribution is 6.30. The van der Waals surface area contributed by atoms with Crippen LogP contribution in [0.3, 0.4) is 0 Å². The molecule has 0 saturated carbocycles. The van der Waals surface area contributed by atoms with E-state index in [1.54, 1.807) is 0 Å². The molecule has 96 valence electrons. The summed E-state index contributed by atoms with van der Waals surface area (Å²) in [5.74, 6) is 1.54. The molecule has 1 aromatic carbocycles. The zero-order valence-electron chi connectivity index (χ0n) is 10.7. The fraction of sp³-hybridized carbons (Fsp3) is 0.571. The van der Waals surface area contributed by atoms with Crippen LogP contribution in [-0.2, 0) is 0 Å². The molecular formula is C14H21ClO2. The molecule has 1 rings (SSSR count). The van der Waals surface area contributed by atoms with Gasteiger partial charge in [0.1, 0.15) is 0 Å². The topological polar surface area (TPSA) is 18.5 Å². The number of hydrogen-bond donors (Lipinski definition) is 0. The summed E-state index contributed by atoms with van der Waals surface area (Å²) in [5.41, 5.74) is 0. The lowest BCUT2D eigenvalue weighted by Crippen LogP contribution is -2.02. The van der Waals surface area contributed by atoms with Crippen molar-refractivity contribution in [3.8, 4) is 11.5 Å². The predicted octanol–water partition coefficient (Wildman–Crippen LogP) is 4.70. The number of rotatable bonds is 8. The molecule has 0 spiro atoms. The third-order valence-corrected chi connectivity index (χ3v) is 2.65. The van der Waals surface area contributed by atoms with E-state index in [2.05, 4.69) is 13.8 Å². The van der Waals surface area contributed by atoms with Gasteiger partial charge in [0, 0.05) is 11.1 Å². The van der Waals surface area contributed by atoms with Crippen molar-refractivity contribution < 1.29 is 9.47 Å². The number of halogens is 1. The van der Waals surface area contributed by atoms with Crippen LogP contribution in [0.15, 0.2) is 18.2 Å². The predicted molar refractivity (Wildman–Crippen MR) is 72.3 cm³/mol. The molecule has 0 unspecified atom stereocenters. The standard InChI is InChI=1S/C14H21ClO2/c1-3-5-9-16-13-8-7-12(15)11-14(13)17-10-6-4-2/h7-8,11H,3-6,9-10H2,1-2H3. The third-order valence-electron chi connectivity index (χ3n) is 2.42. The summed E-state index contributed by atoms with van der Waals surface area (Å²) < 4.78 is 11.4. The third kappa shape index (κ3) is 5.31. The van der Waals surface area contributed by atoms with E-state index in [1.807, 2.05) is 18.2 Å². The minimum atomic E-state index is 0.680. The van der Waals surface area contributed by atoms with Crippen molar-refractivity contribution in [2.45, 2.75) is 39.5 Å². The number of unbranched alkanes of at least 4 members (excludes halogenated alkanes) is 2. The van der Waals surface area contributed by atoms with Crippen LogP contribution >= 0.6 is 11.6 Å². The number of hydrogen-bond acceptors (Lipinski definition) is 2. The second-order valence-corrected chi connectivity index (χ2v) is 4.43. The Kier molecular flexibility index (Phi) is 6.87. The molecule has 0 aliphatic carbocycles. The molecule has 0 bridgehead atoms. The van der Waals surface area contributed by atoms with Crippen LogP contribution in [0, 0.1) is 0 Å². The summed E-state index contributed by atoms with van der Waals surface area (Å²) >= 11 is 5.96. The van der Waals surface area contributed by atoms with E-state index in [0.29, 0.717) is 11.6 Å². The van der Waals surface area contributed by atoms with Crippen LogP contribution in [0.25, 0.3) is 0 Å². The average molecular weight is 257 g/mol. The molecule has 0 saturated heterocycles. The van der Waals surface area contributed by atoms with Gasteiger partial charge < -0.3 is 9.47 Å². The summed E-state index contributed by atoms with van der Waals surface area (Å²) in [7, 11) is 0. The van der Waals surface area contributed by atoms with Crippen molar-refractivity contribution in [3.05, 3.63) is 23.2 Å². The maximum Gasteiger partial charge on any atom is 0.162 e. The zero-order valence-corrected chi connectivity index (χ0v) is 11.4. The molecule has 17 heavy (non-hydrogen) atoms. The Hall–Kier alpha value is -0.890. The number of benzene rings is 1. The minimum absolute atomic E-state index is 0.680. The Balaban J connectivity index is 2.59. The van der Waals surface area contributed by atoms with Gasteiger partial charge in [-0.1, -0.05) is 38.3 Å². The van der Waals surface area contributed by atoms with Crippen molar-refractivity contribution in [1.82, 2.24) is 0 Å². The van der Waals surface area contributed by atoms with Gasteiger partial charge in [0.05, 0.1) is 13.2 Å². The van der Waals surface area contributed by atoms with E-state index < -0.39 is 0 Å². The summed E-state index contributed by atoms with van der Waals surface area (Å²) in [4.78, 5) is 0. The van der Waals surface area contributed by atoms with Crippen LogP contribution < -0.4 is 9.47 Å². The van der Waals surface area contributed by atoms with E-state index in [0.717, 1.165) is 43.8 Å². The average Bonchev–Trinajstić information content (AvgIpc) is 2.32. The van der Waals surface area contributed by atoms with Crippen molar-refractivity contribution in [1.29, 1.82) is 0 Å². The quantitative estimate of drug-likeness (QED) is 0.628. The molecule has 0 fully saturated rings. The monoisotopic (exact) mass is 256 g/mol. The summed E-state index contributed by atoms with van der Waals surface area (Å²) in [6.45, 7) is 5.72. The SMILES string of the molecule is CCCCOc1ccc(Cl)cc1OCCCC. The van der Waals surface area contributed by atoms with Gasteiger partial charge in [0.15, 0.2) is 11.5 Å². The van der Waals surface area contributed by atoms with E-state index in [-0.39, 0.29) is 0 Å². The molecule has 0 aliphatic rings. The molecule has 0 heterocycles. The summed E-state index contributed by atoms with van der Waals surface area (Å²) in [6, 6.07) is 5.52. The molecule has 0 atom stereocenters. The Bertz CT molecular complexity index is 326. The molecule has 3 heteroatoms. The van der Waals surface area contributed by atoms with Crippen LogP contribution in [0.2, 0.25) is 5.02 Å². The Morgan fingerprint density at radius 2 is 1.53 bits per heavy atom. The van der Waals surface area contributed by atoms with E-state index in [9.17, 15) is 0 Å². The maximum absolute atomic E-state index is 5.96. The molecule has 0 radical (unpaired) electrons. The van der Waals surface area contributed by atoms with Gasteiger partial charge in [-0.25, -0.2) is 0 Å². The molecule has 0 amide bonds. The lowest BCUT2D eigenvalue weighted by atomic mass is 10.3. The lowest BCUT2D eigenvalue weighted by Gasteiger charge is -2.12. The van der Waals surface area contributed by atoms with E-state index in [1.165, 1.54) is 0 Å². The van der Waals surface area contributed by atoms with Crippen LogP contribution in [-0.4, -0.2) is 13.2 Å². The summed E-state index contributed by atoms with van der Waals surface area (Å²) in [6.07, 6.45) is 4.34. The molecule has 0 aromatic heterocycles. The van der Waals surface area contributed by atoms with Crippen molar-refractivity contribution in [2.75, 3.05) is 13.2 Å². The lowest BCUT2D eigenvalue weighted by molar-refractivity contribution is 0.262. The normalized spacial score (nSPS) is 10.3. The van der Waals surface area contributed by atoms with Gasteiger partial charge in [-0.05, 0) is 25.0 Å². The first-order valence-corrected chi connectivity index (χ1v) is 6.70. The zero-order chi connectivity index (χ0) is 12.5. The van der Waals surface area contributed by atoms with Crippen molar-refractivity contribution >= 4 is 11.6 Å². The van der Waals surface area contributed by atoms with Crippen molar-refractivity contribution in [3.63, 3.8) is 0 Å².